The van der Waals surface area contributed by atoms with Crippen molar-refractivity contribution in [3.05, 3.63) is 24.3 Å². The molecule has 5 heteroatoms. The Hall–Kier alpha value is -1.20. The van der Waals surface area contributed by atoms with Crippen molar-refractivity contribution in [2.24, 2.45) is 0 Å². The van der Waals surface area contributed by atoms with Crippen molar-refractivity contribution >= 4 is 23.5 Å². The van der Waals surface area contributed by atoms with Gasteiger partial charge in [0, 0.05) is 36.5 Å². The van der Waals surface area contributed by atoms with E-state index in [4.69, 9.17) is 4.74 Å². The number of anilines is 1. The Morgan fingerprint density at radius 1 is 1.40 bits per heavy atom. The average molecular weight is 294 g/mol. The molecule has 0 heterocycles. The minimum Gasteiger partial charge on any atom is -0.384 e. The van der Waals surface area contributed by atoms with Crippen molar-refractivity contribution < 1.29 is 9.53 Å². The molecule has 0 aliphatic heterocycles. The van der Waals surface area contributed by atoms with Crippen molar-refractivity contribution in [1.82, 2.24) is 4.90 Å². The summed E-state index contributed by atoms with van der Waals surface area (Å²) in [5.74, 6) is 0.937. The van der Waals surface area contributed by atoms with E-state index in [2.05, 4.69) is 5.32 Å². The number of urea groups is 1. The third-order valence-electron chi connectivity index (χ3n) is 3.60. The zero-order valence-electron chi connectivity index (χ0n) is 12.1. The third kappa shape index (κ3) is 4.15. The van der Waals surface area contributed by atoms with Crippen LogP contribution in [0.3, 0.4) is 0 Å². The van der Waals surface area contributed by atoms with Crippen LogP contribution in [0.2, 0.25) is 0 Å². The van der Waals surface area contributed by atoms with Crippen molar-refractivity contribution in [1.29, 1.82) is 0 Å². The van der Waals surface area contributed by atoms with E-state index in [1.165, 1.54) is 11.3 Å². The zero-order chi connectivity index (χ0) is 14.4. The first-order chi connectivity index (χ1) is 9.70. The van der Waals surface area contributed by atoms with E-state index in [9.17, 15) is 4.79 Å². The van der Waals surface area contributed by atoms with Crippen LogP contribution in [0.4, 0.5) is 10.5 Å². The highest BCUT2D eigenvalue weighted by atomic mass is 32.2. The molecule has 1 aliphatic carbocycles. The van der Waals surface area contributed by atoms with E-state index in [0.29, 0.717) is 6.04 Å². The smallest absolute Gasteiger partial charge is 0.321 e. The van der Waals surface area contributed by atoms with Crippen LogP contribution >= 0.6 is 11.8 Å². The summed E-state index contributed by atoms with van der Waals surface area (Å²) < 4.78 is 5.02. The Morgan fingerprint density at radius 2 is 2.10 bits per heavy atom. The highest BCUT2D eigenvalue weighted by molar-refractivity contribution is 7.99. The number of rotatable bonds is 6. The molecular weight excluding hydrogens is 272 g/mol. The van der Waals surface area contributed by atoms with Gasteiger partial charge in [0.1, 0.15) is 0 Å². The summed E-state index contributed by atoms with van der Waals surface area (Å²) >= 11 is 1.75. The van der Waals surface area contributed by atoms with Gasteiger partial charge in [0.05, 0.1) is 6.61 Å². The van der Waals surface area contributed by atoms with Gasteiger partial charge in [-0.05, 0) is 43.5 Å². The molecule has 1 aliphatic rings. The van der Waals surface area contributed by atoms with E-state index < -0.39 is 0 Å². The molecule has 2 amide bonds. The summed E-state index contributed by atoms with van der Waals surface area (Å²) in [6.45, 7) is 0.745. The van der Waals surface area contributed by atoms with E-state index in [-0.39, 0.29) is 6.03 Å². The summed E-state index contributed by atoms with van der Waals surface area (Å²) in [4.78, 5) is 15.0. The summed E-state index contributed by atoms with van der Waals surface area (Å²) in [7, 11) is 3.58. The number of hydrogen-bond acceptors (Lipinski definition) is 3. The van der Waals surface area contributed by atoms with Gasteiger partial charge in [-0.2, -0.15) is 0 Å². The third-order valence-corrected chi connectivity index (χ3v) is 4.58. The molecule has 0 bridgehead atoms. The van der Waals surface area contributed by atoms with Gasteiger partial charge in [0.25, 0.3) is 0 Å². The van der Waals surface area contributed by atoms with Crippen LogP contribution in [-0.2, 0) is 4.74 Å². The molecule has 0 saturated heterocycles. The quantitative estimate of drug-likeness (QED) is 0.645. The molecular formula is C15H22N2O2S. The number of methoxy groups -OCH3 is 1. The lowest BCUT2D eigenvalue weighted by atomic mass is 9.92. The maximum absolute atomic E-state index is 12.0. The summed E-state index contributed by atoms with van der Waals surface area (Å²) in [6.07, 6.45) is 3.48. The number of benzene rings is 1. The Kier molecular flexibility index (Phi) is 5.73. The molecule has 1 saturated carbocycles. The standard InChI is InChI=1S/C15H22N2O2S/c1-17(13-4-3-5-13)15(18)16-12-6-8-14(9-7-12)20-11-10-19-2/h6-9,13H,3-5,10-11H2,1-2H3,(H,16,18). The van der Waals surface area contributed by atoms with Gasteiger partial charge in [-0.25, -0.2) is 4.79 Å². The van der Waals surface area contributed by atoms with Gasteiger partial charge in [0.15, 0.2) is 0 Å². The van der Waals surface area contributed by atoms with Gasteiger partial charge >= 0.3 is 6.03 Å². The molecule has 1 N–H and O–H groups in total. The Morgan fingerprint density at radius 3 is 2.65 bits per heavy atom. The molecule has 1 aromatic rings. The molecule has 110 valence electrons. The monoisotopic (exact) mass is 294 g/mol. The summed E-state index contributed by atoms with van der Waals surface area (Å²) in [5.41, 5.74) is 0.845. The first kappa shape index (κ1) is 15.2. The SMILES string of the molecule is COCCSc1ccc(NC(=O)N(C)C2CCC2)cc1. The molecule has 20 heavy (non-hydrogen) atoms. The maximum Gasteiger partial charge on any atom is 0.321 e. The van der Waals surface area contributed by atoms with Gasteiger partial charge in [-0.3, -0.25) is 0 Å². The van der Waals surface area contributed by atoms with E-state index in [1.807, 2.05) is 36.2 Å². The Balaban J connectivity index is 1.81. The van der Waals surface area contributed by atoms with Crippen LogP contribution in [0.5, 0.6) is 0 Å². The second-order valence-electron chi connectivity index (χ2n) is 4.99. The van der Waals surface area contributed by atoms with Crippen LogP contribution < -0.4 is 5.32 Å². The second kappa shape index (κ2) is 7.55. The number of hydrogen-bond donors (Lipinski definition) is 1. The molecule has 0 radical (unpaired) electrons. The molecule has 4 nitrogen and oxygen atoms in total. The van der Waals surface area contributed by atoms with E-state index in [1.54, 1.807) is 18.9 Å². The van der Waals surface area contributed by atoms with E-state index in [0.717, 1.165) is 30.9 Å². The molecule has 0 atom stereocenters. The fourth-order valence-electron chi connectivity index (χ4n) is 2.03. The van der Waals surface area contributed by atoms with Crippen LogP contribution in [0.15, 0.2) is 29.2 Å². The minimum atomic E-state index is -0.0190. The minimum absolute atomic E-state index is 0.0190. The molecule has 1 fully saturated rings. The van der Waals surface area contributed by atoms with Crippen molar-refractivity contribution in [3.63, 3.8) is 0 Å². The number of carbonyl (C=O) groups is 1. The fraction of sp³-hybridized carbons (Fsp3) is 0.533. The number of amides is 2. The average Bonchev–Trinajstić information content (AvgIpc) is 2.39. The lowest BCUT2D eigenvalue weighted by Gasteiger charge is -2.34. The number of ether oxygens (including phenoxy) is 1. The predicted molar refractivity (Wildman–Crippen MR) is 83.5 cm³/mol. The van der Waals surface area contributed by atoms with Crippen molar-refractivity contribution in [2.75, 3.05) is 31.8 Å². The van der Waals surface area contributed by atoms with Gasteiger partial charge in [-0.1, -0.05) is 0 Å². The number of carbonyl (C=O) groups excluding carboxylic acids is 1. The highest BCUT2D eigenvalue weighted by Gasteiger charge is 2.25. The number of thioether (sulfide) groups is 1. The lowest BCUT2D eigenvalue weighted by Crippen LogP contribution is -2.43. The van der Waals surface area contributed by atoms with E-state index >= 15 is 0 Å². The normalized spacial score (nSPS) is 14.7. The Labute approximate surface area is 124 Å². The topological polar surface area (TPSA) is 41.6 Å². The van der Waals surface area contributed by atoms with Gasteiger partial charge in [0.2, 0.25) is 0 Å². The molecule has 2 rings (SSSR count). The zero-order valence-corrected chi connectivity index (χ0v) is 12.9. The Bertz CT molecular complexity index is 432. The van der Waals surface area contributed by atoms with Crippen molar-refractivity contribution in [2.45, 2.75) is 30.2 Å². The highest BCUT2D eigenvalue weighted by Crippen LogP contribution is 2.24. The fourth-order valence-corrected chi connectivity index (χ4v) is 2.84. The molecule has 1 aromatic carbocycles. The van der Waals surface area contributed by atoms with Crippen LogP contribution in [0.1, 0.15) is 19.3 Å². The number of nitrogens with one attached hydrogen (secondary N) is 1. The maximum atomic E-state index is 12.0. The first-order valence-corrected chi connectivity index (χ1v) is 7.95. The molecule has 0 aromatic heterocycles. The predicted octanol–water partition coefficient (Wildman–Crippen LogP) is 3.44. The number of nitrogens with zero attached hydrogens (tertiary/aromatic N) is 1. The van der Waals surface area contributed by atoms with Crippen LogP contribution in [0, 0.1) is 0 Å². The summed E-state index contributed by atoms with van der Waals surface area (Å²) in [6, 6.07) is 8.34. The van der Waals surface area contributed by atoms with Crippen LogP contribution in [-0.4, -0.2) is 43.5 Å². The second-order valence-corrected chi connectivity index (χ2v) is 6.16. The summed E-state index contributed by atoms with van der Waals surface area (Å²) in [5, 5.41) is 2.94. The van der Waals surface area contributed by atoms with Gasteiger partial charge < -0.3 is 15.0 Å². The van der Waals surface area contributed by atoms with Crippen LogP contribution in [0.25, 0.3) is 0 Å². The van der Waals surface area contributed by atoms with Crippen molar-refractivity contribution in [3.8, 4) is 0 Å². The molecule has 0 unspecified atom stereocenters. The van der Waals surface area contributed by atoms with Gasteiger partial charge in [-0.15, -0.1) is 11.8 Å². The largest absolute Gasteiger partial charge is 0.384 e. The first-order valence-electron chi connectivity index (χ1n) is 6.96. The lowest BCUT2D eigenvalue weighted by molar-refractivity contribution is 0.169. The molecule has 0 spiro atoms.